The summed E-state index contributed by atoms with van der Waals surface area (Å²) in [6.07, 6.45) is 16.4. The van der Waals surface area contributed by atoms with Crippen LogP contribution in [0.2, 0.25) is 13.3 Å². The topological polar surface area (TPSA) is 18.5 Å². The molecule has 27 heavy (non-hydrogen) atoms. The van der Waals surface area contributed by atoms with E-state index in [4.69, 9.17) is 15.9 Å². The normalized spacial score (nSPS) is 16.0. The van der Waals surface area contributed by atoms with Gasteiger partial charge in [0.1, 0.15) is 0 Å². The molecule has 0 bridgehead atoms. The molecule has 0 saturated carbocycles. The van der Waals surface area contributed by atoms with Gasteiger partial charge in [-0.25, -0.2) is 0 Å². The van der Waals surface area contributed by atoms with Crippen molar-refractivity contribution in [3.63, 3.8) is 0 Å². The van der Waals surface area contributed by atoms with Gasteiger partial charge in [0.25, 0.3) is 0 Å². The Hall–Kier alpha value is 0.0187. The summed E-state index contributed by atoms with van der Waals surface area (Å²) in [4.78, 5) is 0. The number of hydrogen-bond donors (Lipinski definition) is 0. The molecule has 0 aromatic rings. The van der Waals surface area contributed by atoms with Crippen molar-refractivity contribution in [1.29, 1.82) is 0 Å². The van der Waals surface area contributed by atoms with Crippen molar-refractivity contribution in [3.8, 4) is 12.3 Å². The van der Waals surface area contributed by atoms with Crippen LogP contribution in [0, 0.1) is 24.2 Å². The summed E-state index contributed by atoms with van der Waals surface area (Å²) >= 11 is -2.32. The molecule has 0 amide bonds. The summed E-state index contributed by atoms with van der Waals surface area (Å²) in [5.74, 6) is 3.29. The standard InChI is InChI=1S/C12H19O2.3C4H9.Sn/c1-6-8-11(4)12(10(3)7-2)14-9-13-5;3*1-3-4-2;/h2,8,10-12H,9H2,1,3-5H3;3*1,3-4H2,2H3;/t10-,11-,12-;;;;/m0..../s1. The van der Waals surface area contributed by atoms with Gasteiger partial charge < -0.3 is 0 Å². The first kappa shape index (κ1) is 27.0. The van der Waals surface area contributed by atoms with E-state index in [0.717, 1.165) is 0 Å². The molecule has 158 valence electrons. The van der Waals surface area contributed by atoms with E-state index in [1.165, 1.54) is 51.8 Å². The van der Waals surface area contributed by atoms with E-state index < -0.39 is 18.4 Å². The first-order valence-electron chi connectivity index (χ1n) is 11.2. The Bertz CT molecular complexity index is 416. The second-order valence-electron chi connectivity index (χ2n) is 8.29. The van der Waals surface area contributed by atoms with E-state index in [2.05, 4.69) is 53.5 Å². The number of ether oxygens (including phenoxy) is 2. The average molecular weight is 485 g/mol. The van der Waals surface area contributed by atoms with Gasteiger partial charge in [-0.15, -0.1) is 0 Å². The second kappa shape index (κ2) is 15.9. The van der Waals surface area contributed by atoms with Gasteiger partial charge in [-0.2, -0.15) is 0 Å². The van der Waals surface area contributed by atoms with Crippen LogP contribution in [0.1, 0.15) is 80.1 Å². The van der Waals surface area contributed by atoms with E-state index in [0.29, 0.717) is 12.7 Å². The fourth-order valence-corrected chi connectivity index (χ4v) is 20.3. The third-order valence-corrected chi connectivity index (χ3v) is 22.5. The van der Waals surface area contributed by atoms with Gasteiger partial charge in [0.15, 0.2) is 0 Å². The van der Waals surface area contributed by atoms with Gasteiger partial charge in [0.05, 0.1) is 0 Å². The van der Waals surface area contributed by atoms with Crippen LogP contribution < -0.4 is 0 Å². The van der Waals surface area contributed by atoms with Crippen LogP contribution in [0.5, 0.6) is 0 Å². The number of unbranched alkanes of at least 4 members (excludes halogenated alkanes) is 3. The first-order chi connectivity index (χ1) is 12.9. The summed E-state index contributed by atoms with van der Waals surface area (Å²) < 4.78 is 17.4. The fourth-order valence-electron chi connectivity index (χ4n) is 4.17. The van der Waals surface area contributed by atoms with Crippen LogP contribution >= 0.6 is 0 Å². The summed E-state index contributed by atoms with van der Waals surface area (Å²) in [6, 6.07) is 0. The predicted molar refractivity (Wildman–Crippen MR) is 123 cm³/mol. The Balaban J connectivity index is 5.64. The third-order valence-electron chi connectivity index (χ3n) is 6.03. The number of methoxy groups -OCH3 is 1. The number of terminal acetylenes is 1. The maximum atomic E-state index is 5.98. The van der Waals surface area contributed by atoms with E-state index >= 15 is 0 Å². The molecule has 0 spiro atoms. The molecular formula is C24H46O2Sn. The quantitative estimate of drug-likeness (QED) is 0.131. The molecule has 0 saturated heterocycles. The molecular weight excluding hydrogens is 439 g/mol. The minimum absolute atomic E-state index is 0.0254. The van der Waals surface area contributed by atoms with Crippen LogP contribution in [-0.2, 0) is 9.47 Å². The third kappa shape index (κ3) is 9.86. The van der Waals surface area contributed by atoms with Crippen LogP contribution in [-0.4, -0.2) is 38.4 Å². The van der Waals surface area contributed by atoms with Gasteiger partial charge in [-0.05, 0) is 0 Å². The Morgan fingerprint density at radius 1 is 1.00 bits per heavy atom. The van der Waals surface area contributed by atoms with Crippen LogP contribution in [0.3, 0.4) is 0 Å². The Kier molecular flexibility index (Phi) is 15.9. The predicted octanol–water partition coefficient (Wildman–Crippen LogP) is 7.22. The SMILES string of the molecule is C#C[C@H](C)[C@H](OCOC)[C@@H](C)/C=[C](/C)[Sn]([CH2]CCC)([CH2]CCC)[CH2]CCC. The van der Waals surface area contributed by atoms with Crippen molar-refractivity contribution < 1.29 is 9.47 Å². The van der Waals surface area contributed by atoms with E-state index in [1.807, 2.05) is 0 Å². The van der Waals surface area contributed by atoms with E-state index in [-0.39, 0.29) is 12.0 Å². The van der Waals surface area contributed by atoms with Crippen LogP contribution in [0.15, 0.2) is 9.67 Å². The van der Waals surface area contributed by atoms with Crippen molar-refractivity contribution in [3.05, 3.63) is 9.67 Å². The molecule has 0 aliphatic carbocycles. The monoisotopic (exact) mass is 486 g/mol. The summed E-state index contributed by atoms with van der Waals surface area (Å²) in [5, 5.41) is 0. The fraction of sp³-hybridized carbons (Fsp3) is 0.833. The second-order valence-corrected chi connectivity index (χ2v) is 22.1. The van der Waals surface area contributed by atoms with Crippen LogP contribution in [0.25, 0.3) is 0 Å². The molecule has 0 aromatic carbocycles. The molecule has 0 fully saturated rings. The van der Waals surface area contributed by atoms with E-state index in [1.54, 1.807) is 10.7 Å². The molecule has 3 atom stereocenters. The molecule has 3 heteroatoms. The summed E-state index contributed by atoms with van der Waals surface area (Å²) in [7, 11) is 1.67. The number of hydrogen-bond acceptors (Lipinski definition) is 2. The molecule has 2 nitrogen and oxygen atoms in total. The molecule has 0 aromatic heterocycles. The van der Waals surface area contributed by atoms with Gasteiger partial charge in [0.2, 0.25) is 0 Å². The van der Waals surface area contributed by atoms with Gasteiger partial charge in [0, 0.05) is 0 Å². The molecule has 0 rings (SSSR count). The first-order valence-corrected chi connectivity index (χ1v) is 18.7. The molecule has 0 aliphatic heterocycles. The zero-order valence-electron chi connectivity index (χ0n) is 19.3. The van der Waals surface area contributed by atoms with Gasteiger partial charge in [-0.1, -0.05) is 0 Å². The van der Waals surface area contributed by atoms with Crippen molar-refractivity contribution in [2.45, 2.75) is 99.5 Å². The summed E-state index contributed by atoms with van der Waals surface area (Å²) in [5.41, 5.74) is 0. The summed E-state index contributed by atoms with van der Waals surface area (Å²) in [6.45, 7) is 14.1. The van der Waals surface area contributed by atoms with Crippen molar-refractivity contribution >= 4 is 18.4 Å². The van der Waals surface area contributed by atoms with Crippen LogP contribution in [0.4, 0.5) is 0 Å². The van der Waals surface area contributed by atoms with Gasteiger partial charge >= 0.3 is 175 Å². The molecule has 0 unspecified atom stereocenters. The molecule has 0 radical (unpaired) electrons. The van der Waals surface area contributed by atoms with Gasteiger partial charge in [-0.3, -0.25) is 0 Å². The number of allylic oxidation sites excluding steroid dienone is 1. The Morgan fingerprint density at radius 3 is 1.85 bits per heavy atom. The van der Waals surface area contributed by atoms with E-state index in [9.17, 15) is 0 Å². The average Bonchev–Trinajstić information content (AvgIpc) is 2.67. The Morgan fingerprint density at radius 2 is 1.48 bits per heavy atom. The molecule has 0 N–H and O–H groups in total. The molecule has 0 heterocycles. The Labute approximate surface area is 174 Å². The minimum atomic E-state index is -2.32. The zero-order chi connectivity index (χ0) is 20.7. The van der Waals surface area contributed by atoms with Crippen molar-refractivity contribution in [1.82, 2.24) is 0 Å². The number of rotatable bonds is 16. The molecule has 0 aliphatic rings. The maximum absolute atomic E-state index is 5.98. The van der Waals surface area contributed by atoms with Crippen molar-refractivity contribution in [2.75, 3.05) is 13.9 Å². The zero-order valence-corrected chi connectivity index (χ0v) is 22.1. The van der Waals surface area contributed by atoms with Crippen molar-refractivity contribution in [2.24, 2.45) is 11.8 Å².